The van der Waals surface area contributed by atoms with Gasteiger partial charge in [-0.3, -0.25) is 4.79 Å². The Balaban J connectivity index is 1.14. The average molecular weight is 534 g/mol. The topological polar surface area (TPSA) is 71.3 Å². The quantitative estimate of drug-likeness (QED) is 0.262. The fourth-order valence-electron chi connectivity index (χ4n) is 4.24. The zero-order valence-corrected chi connectivity index (χ0v) is 21.8. The van der Waals surface area contributed by atoms with Gasteiger partial charge in [-0.2, -0.15) is 9.61 Å². The maximum atomic E-state index is 12.6. The van der Waals surface area contributed by atoms with E-state index in [-0.39, 0.29) is 5.91 Å². The van der Waals surface area contributed by atoms with Crippen LogP contribution >= 0.6 is 22.9 Å². The van der Waals surface area contributed by atoms with E-state index in [9.17, 15) is 4.79 Å². The van der Waals surface area contributed by atoms with Crippen LogP contribution in [-0.4, -0.2) is 28.4 Å². The Hall–Kier alpha value is -4.14. The molecule has 6 rings (SSSR count). The summed E-state index contributed by atoms with van der Waals surface area (Å²) in [6.07, 6.45) is 1.59. The molecule has 0 bridgehead atoms. The van der Waals surface area contributed by atoms with Gasteiger partial charge in [-0.15, -0.1) is 11.3 Å². The summed E-state index contributed by atoms with van der Waals surface area (Å²) in [5.41, 5.74) is 4.69. The van der Waals surface area contributed by atoms with E-state index < -0.39 is 0 Å². The van der Waals surface area contributed by atoms with E-state index in [4.69, 9.17) is 19.4 Å². The second kappa shape index (κ2) is 10.3. The average Bonchev–Trinajstić information content (AvgIpc) is 3.55. The summed E-state index contributed by atoms with van der Waals surface area (Å²) in [4.78, 5) is 18.0. The molecule has 2 radical (unpaired) electrons. The first kappa shape index (κ1) is 24.2. The van der Waals surface area contributed by atoms with Gasteiger partial charge < -0.3 is 10.6 Å². The monoisotopic (exact) mass is 533 g/mol. The standard InChI is InChI=1S/C29H21BClN5OS/c30-22-17-34-36-27(14-24(35-28(22)36)21-6-2-3-7-23(21)31)32-15-18-9-11-19(12-10-18)16-33-29(37)26-13-20-5-1-4-8-25(20)38-26/h1-14,17,32H,15-16H2,(H,33,37). The third kappa shape index (κ3) is 4.88. The first-order valence-corrected chi connectivity index (χ1v) is 13.2. The highest BCUT2D eigenvalue weighted by Crippen LogP contribution is 2.28. The number of fused-ring (bicyclic) bond motifs is 2. The number of thiophene rings is 1. The lowest BCUT2D eigenvalue weighted by Crippen LogP contribution is -2.21. The maximum absolute atomic E-state index is 12.6. The molecule has 9 heteroatoms. The van der Waals surface area contributed by atoms with Crippen LogP contribution in [0.25, 0.3) is 27.0 Å². The van der Waals surface area contributed by atoms with Crippen molar-refractivity contribution in [2.75, 3.05) is 5.32 Å². The Morgan fingerprint density at radius 2 is 1.68 bits per heavy atom. The first-order valence-electron chi connectivity index (χ1n) is 12.0. The molecular formula is C29H21BClN5OS. The molecule has 184 valence electrons. The fourth-order valence-corrected chi connectivity index (χ4v) is 5.46. The van der Waals surface area contributed by atoms with Gasteiger partial charge in [0.05, 0.1) is 10.6 Å². The SMILES string of the molecule is [B]c1cnn2c(NCc3ccc(CNC(=O)c4cc5ccccc5s4)cc3)cc(-c3ccccc3Cl)nc12. The van der Waals surface area contributed by atoms with Crippen molar-refractivity contribution < 1.29 is 4.79 Å². The molecule has 0 saturated heterocycles. The largest absolute Gasteiger partial charge is 0.366 e. The highest BCUT2D eigenvalue weighted by atomic mass is 35.5. The minimum Gasteiger partial charge on any atom is -0.366 e. The number of hydrogen-bond donors (Lipinski definition) is 2. The van der Waals surface area contributed by atoms with Gasteiger partial charge in [0.2, 0.25) is 0 Å². The molecular weight excluding hydrogens is 513 g/mol. The molecule has 1 amide bonds. The fraction of sp³-hybridized carbons (Fsp3) is 0.0690. The summed E-state index contributed by atoms with van der Waals surface area (Å²) >= 11 is 7.93. The number of amides is 1. The molecule has 6 aromatic rings. The third-order valence-electron chi connectivity index (χ3n) is 6.25. The van der Waals surface area contributed by atoms with Crippen molar-refractivity contribution in [2.45, 2.75) is 13.1 Å². The summed E-state index contributed by atoms with van der Waals surface area (Å²) in [7, 11) is 6.12. The molecule has 3 aromatic heterocycles. The molecule has 0 spiro atoms. The number of nitrogens with one attached hydrogen (secondary N) is 2. The van der Waals surface area contributed by atoms with Crippen LogP contribution in [0, 0.1) is 0 Å². The summed E-state index contributed by atoms with van der Waals surface area (Å²) in [5.74, 6) is 0.688. The summed E-state index contributed by atoms with van der Waals surface area (Å²) in [6.45, 7) is 1.02. The van der Waals surface area contributed by atoms with Crippen molar-refractivity contribution in [3.63, 3.8) is 0 Å². The Morgan fingerprint density at radius 3 is 2.47 bits per heavy atom. The molecule has 6 nitrogen and oxygen atoms in total. The van der Waals surface area contributed by atoms with E-state index in [1.54, 1.807) is 10.7 Å². The highest BCUT2D eigenvalue weighted by molar-refractivity contribution is 7.20. The highest BCUT2D eigenvalue weighted by Gasteiger charge is 2.13. The van der Waals surface area contributed by atoms with E-state index in [1.807, 2.05) is 84.9 Å². The van der Waals surface area contributed by atoms with Crippen LogP contribution in [0.5, 0.6) is 0 Å². The summed E-state index contributed by atoms with van der Waals surface area (Å²) < 4.78 is 2.80. The van der Waals surface area contributed by atoms with Crippen LogP contribution in [0.4, 0.5) is 5.82 Å². The first-order chi connectivity index (χ1) is 18.5. The van der Waals surface area contributed by atoms with E-state index >= 15 is 0 Å². The van der Waals surface area contributed by atoms with Gasteiger partial charge in [0, 0.05) is 40.6 Å². The van der Waals surface area contributed by atoms with Gasteiger partial charge in [-0.05, 0) is 40.2 Å². The van der Waals surface area contributed by atoms with Crippen LogP contribution in [-0.2, 0) is 13.1 Å². The Bertz CT molecular complexity index is 1750. The molecule has 0 aliphatic carbocycles. The molecule has 0 aliphatic rings. The normalized spacial score (nSPS) is 11.2. The smallest absolute Gasteiger partial charge is 0.261 e. The van der Waals surface area contributed by atoms with Crippen LogP contribution < -0.4 is 16.1 Å². The Morgan fingerprint density at radius 1 is 0.947 bits per heavy atom. The van der Waals surface area contributed by atoms with E-state index in [2.05, 4.69) is 20.7 Å². The number of hydrogen-bond acceptors (Lipinski definition) is 5. The molecule has 0 saturated carbocycles. The lowest BCUT2D eigenvalue weighted by atomic mass is 10.0. The number of carbonyl (C=O) groups is 1. The van der Waals surface area contributed by atoms with Crippen LogP contribution in [0.3, 0.4) is 0 Å². The van der Waals surface area contributed by atoms with Crippen LogP contribution in [0.2, 0.25) is 5.02 Å². The van der Waals surface area contributed by atoms with Gasteiger partial charge in [0.15, 0.2) is 5.65 Å². The van der Waals surface area contributed by atoms with Gasteiger partial charge in [0.1, 0.15) is 13.7 Å². The van der Waals surface area contributed by atoms with E-state index in [0.29, 0.717) is 39.8 Å². The lowest BCUT2D eigenvalue weighted by Gasteiger charge is -2.12. The van der Waals surface area contributed by atoms with Gasteiger partial charge >= 0.3 is 0 Å². The van der Waals surface area contributed by atoms with Crippen molar-refractivity contribution in [2.24, 2.45) is 0 Å². The summed E-state index contributed by atoms with van der Waals surface area (Å²) in [6, 6.07) is 27.5. The minimum atomic E-state index is -0.0635. The van der Waals surface area contributed by atoms with Gasteiger partial charge in [0.25, 0.3) is 5.91 Å². The van der Waals surface area contributed by atoms with E-state index in [1.165, 1.54) is 11.3 Å². The predicted molar refractivity (Wildman–Crippen MR) is 156 cm³/mol. The number of halogens is 1. The molecule has 3 aromatic carbocycles. The molecule has 2 N–H and O–H groups in total. The van der Waals surface area contributed by atoms with Crippen LogP contribution in [0.15, 0.2) is 91.1 Å². The Kier molecular flexibility index (Phi) is 6.58. The number of benzene rings is 3. The third-order valence-corrected chi connectivity index (χ3v) is 7.69. The van der Waals surface area contributed by atoms with Crippen molar-refractivity contribution in [1.29, 1.82) is 0 Å². The molecule has 0 atom stereocenters. The van der Waals surface area contributed by atoms with E-state index in [0.717, 1.165) is 32.6 Å². The predicted octanol–water partition coefficient (Wildman–Crippen LogP) is 5.60. The second-order valence-electron chi connectivity index (χ2n) is 8.84. The number of anilines is 1. The summed E-state index contributed by atoms with van der Waals surface area (Å²) in [5, 5.41) is 12.5. The number of rotatable bonds is 7. The maximum Gasteiger partial charge on any atom is 0.261 e. The number of nitrogens with zero attached hydrogens (tertiary/aromatic N) is 3. The molecule has 0 fully saturated rings. The van der Waals surface area contributed by atoms with Gasteiger partial charge in [-0.1, -0.05) is 72.3 Å². The molecule has 38 heavy (non-hydrogen) atoms. The molecule has 0 aliphatic heterocycles. The van der Waals surface area contributed by atoms with Crippen molar-refractivity contribution in [3.8, 4) is 11.3 Å². The number of carbonyl (C=O) groups excluding carboxylic acids is 1. The minimum absolute atomic E-state index is 0.0635. The molecule has 3 heterocycles. The zero-order chi connectivity index (χ0) is 26.1. The van der Waals surface area contributed by atoms with Gasteiger partial charge in [-0.25, -0.2) is 4.98 Å². The Labute approximate surface area is 229 Å². The van der Waals surface area contributed by atoms with Crippen molar-refractivity contribution >= 4 is 63.7 Å². The van der Waals surface area contributed by atoms with Crippen LogP contribution in [0.1, 0.15) is 20.8 Å². The number of aromatic nitrogens is 3. The zero-order valence-electron chi connectivity index (χ0n) is 20.2. The van der Waals surface area contributed by atoms with Crippen molar-refractivity contribution in [3.05, 3.63) is 112 Å². The lowest BCUT2D eigenvalue weighted by molar-refractivity contribution is 0.0955. The molecule has 0 unspecified atom stereocenters. The van der Waals surface area contributed by atoms with Crippen molar-refractivity contribution in [1.82, 2.24) is 19.9 Å². The second-order valence-corrected chi connectivity index (χ2v) is 10.3.